The van der Waals surface area contributed by atoms with Crippen LogP contribution in [0, 0.1) is 6.92 Å². The fourth-order valence-electron chi connectivity index (χ4n) is 3.84. The number of nitrogens with one attached hydrogen (secondary N) is 1. The first-order valence-electron chi connectivity index (χ1n) is 10.5. The van der Waals surface area contributed by atoms with Crippen molar-refractivity contribution < 1.29 is 4.79 Å². The monoisotopic (exact) mass is 451 g/mol. The summed E-state index contributed by atoms with van der Waals surface area (Å²) < 4.78 is 1.88. The summed E-state index contributed by atoms with van der Waals surface area (Å²) in [7, 11) is 0. The van der Waals surface area contributed by atoms with Gasteiger partial charge < -0.3 is 5.32 Å². The molecule has 0 aliphatic carbocycles. The Morgan fingerprint density at radius 3 is 2.58 bits per heavy atom. The van der Waals surface area contributed by atoms with Gasteiger partial charge in [0.1, 0.15) is 11.4 Å². The number of nitrogens with zero attached hydrogens (tertiary/aromatic N) is 4. The molecular formula is C26H21N5OS. The maximum Gasteiger partial charge on any atom is 0.281 e. The van der Waals surface area contributed by atoms with Crippen molar-refractivity contribution in [1.29, 1.82) is 0 Å². The van der Waals surface area contributed by atoms with Crippen LogP contribution in [0.25, 0.3) is 17.3 Å². The standard InChI is InChI=1S/C26H21N5OS/c1-18-8-5-6-12-23(18)31-25(32)22(28-26(31)33)14-21-17-30(16-19-9-3-2-4-10-19)29-24(21)20-11-7-13-27-15-20/h2-15,17H,16H2,1H3,(H,28,33)/b22-14+. The lowest BCUT2D eigenvalue weighted by Gasteiger charge is -2.16. The van der Waals surface area contributed by atoms with Crippen molar-refractivity contribution in [2.45, 2.75) is 13.5 Å². The molecule has 2 aromatic heterocycles. The molecule has 2 aromatic carbocycles. The number of aromatic nitrogens is 3. The van der Waals surface area contributed by atoms with Gasteiger partial charge in [0.25, 0.3) is 5.91 Å². The van der Waals surface area contributed by atoms with Crippen LogP contribution in [0.3, 0.4) is 0 Å². The number of carbonyl (C=O) groups excluding carboxylic acids is 1. The molecule has 162 valence electrons. The average molecular weight is 452 g/mol. The van der Waals surface area contributed by atoms with Gasteiger partial charge in [-0.1, -0.05) is 48.5 Å². The predicted octanol–water partition coefficient (Wildman–Crippen LogP) is 4.56. The molecule has 1 amide bonds. The van der Waals surface area contributed by atoms with Gasteiger partial charge >= 0.3 is 0 Å². The molecule has 0 unspecified atom stereocenters. The van der Waals surface area contributed by atoms with Crippen molar-refractivity contribution in [3.63, 3.8) is 0 Å². The maximum absolute atomic E-state index is 13.3. The number of rotatable bonds is 5. The van der Waals surface area contributed by atoms with E-state index in [0.717, 1.165) is 33.6 Å². The van der Waals surface area contributed by atoms with Crippen LogP contribution in [0.2, 0.25) is 0 Å². The Hall–Kier alpha value is -4.10. The van der Waals surface area contributed by atoms with Crippen molar-refractivity contribution in [3.8, 4) is 11.3 Å². The number of hydrogen-bond donors (Lipinski definition) is 1. The van der Waals surface area contributed by atoms with Gasteiger partial charge in [-0.25, -0.2) is 0 Å². The zero-order chi connectivity index (χ0) is 22.8. The van der Waals surface area contributed by atoms with Gasteiger partial charge in [0, 0.05) is 29.7 Å². The molecule has 7 heteroatoms. The zero-order valence-corrected chi connectivity index (χ0v) is 18.8. The number of amides is 1. The summed E-state index contributed by atoms with van der Waals surface area (Å²) in [5, 5.41) is 8.24. The van der Waals surface area contributed by atoms with Crippen LogP contribution < -0.4 is 10.2 Å². The maximum atomic E-state index is 13.3. The lowest BCUT2D eigenvalue weighted by atomic mass is 10.1. The second-order valence-corrected chi connectivity index (χ2v) is 8.16. The van der Waals surface area contributed by atoms with Gasteiger partial charge in [-0.3, -0.25) is 19.4 Å². The van der Waals surface area contributed by atoms with E-state index in [2.05, 4.69) is 22.4 Å². The van der Waals surface area contributed by atoms with E-state index in [9.17, 15) is 4.79 Å². The quantitative estimate of drug-likeness (QED) is 0.356. The van der Waals surface area contributed by atoms with Gasteiger partial charge in [-0.05, 0) is 54.5 Å². The van der Waals surface area contributed by atoms with Gasteiger partial charge in [-0.2, -0.15) is 5.10 Å². The van der Waals surface area contributed by atoms with Gasteiger partial charge in [0.05, 0.1) is 12.2 Å². The first-order valence-corrected chi connectivity index (χ1v) is 11.0. The van der Waals surface area contributed by atoms with Crippen LogP contribution >= 0.6 is 12.2 Å². The van der Waals surface area contributed by atoms with Gasteiger partial charge in [0.2, 0.25) is 0 Å². The Bertz CT molecular complexity index is 1360. The minimum atomic E-state index is -0.192. The lowest BCUT2D eigenvalue weighted by molar-refractivity contribution is -0.113. The van der Waals surface area contributed by atoms with E-state index in [1.165, 1.54) is 4.90 Å². The van der Waals surface area contributed by atoms with Gasteiger partial charge in [0.15, 0.2) is 5.11 Å². The highest BCUT2D eigenvalue weighted by Crippen LogP contribution is 2.28. The molecule has 1 N–H and O–H groups in total. The Kier molecular flexibility index (Phi) is 5.54. The van der Waals surface area contributed by atoms with Crippen molar-refractivity contribution in [2.24, 2.45) is 0 Å². The van der Waals surface area contributed by atoms with Gasteiger partial charge in [-0.15, -0.1) is 0 Å². The normalized spacial score (nSPS) is 14.7. The lowest BCUT2D eigenvalue weighted by Crippen LogP contribution is -2.30. The molecule has 6 nitrogen and oxygen atoms in total. The molecule has 33 heavy (non-hydrogen) atoms. The van der Waals surface area contributed by atoms with E-state index in [1.807, 2.05) is 78.5 Å². The number of pyridine rings is 1. The number of para-hydroxylation sites is 1. The highest BCUT2D eigenvalue weighted by atomic mass is 32.1. The minimum absolute atomic E-state index is 0.192. The van der Waals surface area contributed by atoms with Crippen LogP contribution in [0.1, 0.15) is 16.7 Å². The molecule has 1 saturated heterocycles. The summed E-state index contributed by atoms with van der Waals surface area (Å²) in [4.78, 5) is 19.1. The third kappa shape index (κ3) is 4.18. The molecule has 1 aliphatic rings. The highest BCUT2D eigenvalue weighted by Gasteiger charge is 2.33. The SMILES string of the molecule is Cc1ccccc1N1C(=O)/C(=C\c2cn(Cc3ccccc3)nc2-c2cccnc2)NC1=S. The van der Waals surface area contributed by atoms with Crippen LogP contribution in [-0.4, -0.2) is 25.8 Å². The van der Waals surface area contributed by atoms with Crippen molar-refractivity contribution >= 4 is 35.0 Å². The van der Waals surface area contributed by atoms with E-state index in [0.29, 0.717) is 17.4 Å². The molecular weight excluding hydrogens is 430 g/mol. The van der Waals surface area contributed by atoms with E-state index in [-0.39, 0.29) is 5.91 Å². The topological polar surface area (TPSA) is 63.1 Å². The number of benzene rings is 2. The first-order chi connectivity index (χ1) is 16.1. The number of carbonyl (C=O) groups is 1. The van der Waals surface area contributed by atoms with E-state index < -0.39 is 0 Å². The summed E-state index contributed by atoms with van der Waals surface area (Å²) in [6.07, 6.45) is 7.25. The molecule has 3 heterocycles. The molecule has 1 fully saturated rings. The van der Waals surface area contributed by atoms with Crippen molar-refractivity contribution in [3.05, 3.63) is 108 Å². The molecule has 0 bridgehead atoms. The fourth-order valence-corrected chi connectivity index (χ4v) is 4.14. The second kappa shape index (κ2) is 8.80. The predicted molar refractivity (Wildman–Crippen MR) is 133 cm³/mol. The van der Waals surface area contributed by atoms with Crippen LogP contribution in [0.15, 0.2) is 91.0 Å². The third-order valence-electron chi connectivity index (χ3n) is 5.45. The highest BCUT2D eigenvalue weighted by molar-refractivity contribution is 7.80. The molecule has 5 rings (SSSR count). The fraction of sp³-hybridized carbons (Fsp3) is 0.0769. The second-order valence-electron chi connectivity index (χ2n) is 7.77. The molecule has 4 aromatic rings. The number of thiocarbonyl (C=S) groups is 1. The molecule has 0 radical (unpaired) electrons. The van der Waals surface area contributed by atoms with E-state index >= 15 is 0 Å². The number of hydrogen-bond acceptors (Lipinski definition) is 4. The minimum Gasteiger partial charge on any atom is -0.327 e. The van der Waals surface area contributed by atoms with Crippen molar-refractivity contribution in [1.82, 2.24) is 20.1 Å². The Labute approximate surface area is 197 Å². The smallest absolute Gasteiger partial charge is 0.281 e. The summed E-state index contributed by atoms with van der Waals surface area (Å²) in [5.74, 6) is -0.192. The number of anilines is 1. The Morgan fingerprint density at radius 2 is 1.82 bits per heavy atom. The summed E-state index contributed by atoms with van der Waals surface area (Å²) in [6.45, 7) is 2.58. The summed E-state index contributed by atoms with van der Waals surface area (Å²) in [6, 6.07) is 21.6. The Balaban J connectivity index is 1.53. The number of aryl methyl sites for hydroxylation is 1. The molecule has 0 saturated carbocycles. The van der Waals surface area contributed by atoms with E-state index in [1.54, 1.807) is 12.4 Å². The largest absolute Gasteiger partial charge is 0.327 e. The van der Waals surface area contributed by atoms with Crippen molar-refractivity contribution in [2.75, 3.05) is 4.90 Å². The average Bonchev–Trinajstić information content (AvgIpc) is 3.35. The summed E-state index contributed by atoms with van der Waals surface area (Å²) in [5.41, 5.74) is 5.73. The first kappa shape index (κ1) is 20.8. The molecule has 0 spiro atoms. The van der Waals surface area contributed by atoms with Crippen LogP contribution in [-0.2, 0) is 11.3 Å². The van der Waals surface area contributed by atoms with E-state index in [4.69, 9.17) is 17.3 Å². The zero-order valence-electron chi connectivity index (χ0n) is 18.0. The molecule has 0 atom stereocenters. The Morgan fingerprint density at radius 1 is 1.03 bits per heavy atom. The van der Waals surface area contributed by atoms with Crippen LogP contribution in [0.5, 0.6) is 0 Å². The van der Waals surface area contributed by atoms with Crippen LogP contribution in [0.4, 0.5) is 5.69 Å². The summed E-state index contributed by atoms with van der Waals surface area (Å²) >= 11 is 5.49. The third-order valence-corrected chi connectivity index (χ3v) is 5.73. The molecule has 1 aliphatic heterocycles.